The lowest BCUT2D eigenvalue weighted by Crippen LogP contribution is -2.43. The van der Waals surface area contributed by atoms with E-state index in [0.29, 0.717) is 0 Å². The molecule has 1 amide bonds. The molecule has 0 unspecified atom stereocenters. The number of carboxylic acid groups (broad SMARTS) is 1. The second-order valence-electron chi connectivity index (χ2n) is 5.79. The standard InChI is InChI=1S/C14H20N2O2.C2HF3O2/c1-11(2)14(17)16-8-5-12(6-9-16)18-13-4-3-7-15-10-13;3-2(4,5)1(6)7/h3-4,7,10-12H,5-6,8-9H2,1-2H3;(H,6,7). The van der Waals surface area contributed by atoms with Crippen LogP contribution in [0.25, 0.3) is 0 Å². The lowest BCUT2D eigenvalue weighted by molar-refractivity contribution is -0.192. The minimum atomic E-state index is -5.08. The number of nitrogens with zero attached hydrogens (tertiary/aromatic N) is 2. The molecule has 0 saturated carbocycles. The molecule has 140 valence electrons. The number of alkyl halides is 3. The van der Waals surface area contributed by atoms with Crippen molar-refractivity contribution in [1.82, 2.24) is 9.88 Å². The fourth-order valence-electron chi connectivity index (χ4n) is 2.17. The lowest BCUT2D eigenvalue weighted by atomic mass is 10.1. The summed E-state index contributed by atoms with van der Waals surface area (Å²) in [5.41, 5.74) is 0. The van der Waals surface area contributed by atoms with Gasteiger partial charge in [-0.1, -0.05) is 13.8 Å². The molecule has 2 rings (SSSR count). The average Bonchev–Trinajstić information content (AvgIpc) is 2.55. The highest BCUT2D eigenvalue weighted by atomic mass is 19.4. The van der Waals surface area contributed by atoms with Gasteiger partial charge in [-0.05, 0) is 12.1 Å². The number of piperidine rings is 1. The molecule has 0 spiro atoms. The Labute approximate surface area is 143 Å². The maximum Gasteiger partial charge on any atom is 0.490 e. The van der Waals surface area contributed by atoms with Gasteiger partial charge in [-0.25, -0.2) is 4.79 Å². The van der Waals surface area contributed by atoms with E-state index in [1.807, 2.05) is 30.9 Å². The highest BCUT2D eigenvalue weighted by Crippen LogP contribution is 2.19. The average molecular weight is 362 g/mol. The second-order valence-corrected chi connectivity index (χ2v) is 5.79. The van der Waals surface area contributed by atoms with Gasteiger partial charge >= 0.3 is 12.1 Å². The van der Waals surface area contributed by atoms with E-state index >= 15 is 0 Å². The summed E-state index contributed by atoms with van der Waals surface area (Å²) in [6.07, 6.45) is 0.369. The van der Waals surface area contributed by atoms with E-state index in [9.17, 15) is 18.0 Å². The molecule has 0 atom stereocenters. The molecule has 1 aliphatic heterocycles. The molecular formula is C16H21F3N2O4. The smallest absolute Gasteiger partial charge is 0.489 e. The third-order valence-electron chi connectivity index (χ3n) is 3.43. The van der Waals surface area contributed by atoms with Crippen LogP contribution >= 0.6 is 0 Å². The summed E-state index contributed by atoms with van der Waals surface area (Å²) in [4.78, 5) is 26.7. The van der Waals surface area contributed by atoms with Gasteiger partial charge in [0.15, 0.2) is 0 Å². The molecular weight excluding hydrogens is 341 g/mol. The predicted octanol–water partition coefficient (Wildman–Crippen LogP) is 2.74. The van der Waals surface area contributed by atoms with Crippen molar-refractivity contribution in [1.29, 1.82) is 0 Å². The summed E-state index contributed by atoms with van der Waals surface area (Å²) < 4.78 is 37.6. The van der Waals surface area contributed by atoms with E-state index in [4.69, 9.17) is 14.6 Å². The first-order chi connectivity index (χ1) is 11.6. The van der Waals surface area contributed by atoms with Crippen molar-refractivity contribution in [3.05, 3.63) is 24.5 Å². The van der Waals surface area contributed by atoms with E-state index in [0.717, 1.165) is 31.7 Å². The molecule has 0 aliphatic carbocycles. The number of hydrogen-bond acceptors (Lipinski definition) is 4. The Bertz CT molecular complexity index is 556. The maximum absolute atomic E-state index is 11.8. The molecule has 1 fully saturated rings. The number of ether oxygens (including phenoxy) is 1. The molecule has 1 aliphatic rings. The van der Waals surface area contributed by atoms with Crippen LogP contribution in [0.5, 0.6) is 5.75 Å². The van der Waals surface area contributed by atoms with Crippen molar-refractivity contribution >= 4 is 11.9 Å². The Morgan fingerprint density at radius 3 is 2.28 bits per heavy atom. The Kier molecular flexibility index (Phi) is 7.66. The van der Waals surface area contributed by atoms with Gasteiger partial charge in [0.2, 0.25) is 5.91 Å². The highest BCUT2D eigenvalue weighted by Gasteiger charge is 2.38. The number of aromatic nitrogens is 1. The number of carbonyl (C=O) groups is 2. The topological polar surface area (TPSA) is 79.7 Å². The molecule has 0 aromatic carbocycles. The van der Waals surface area contributed by atoms with E-state index in [2.05, 4.69) is 4.98 Å². The molecule has 1 aromatic heterocycles. The van der Waals surface area contributed by atoms with Crippen molar-refractivity contribution in [3.63, 3.8) is 0 Å². The summed E-state index contributed by atoms with van der Waals surface area (Å²) in [6.45, 7) is 5.48. The van der Waals surface area contributed by atoms with E-state index < -0.39 is 12.1 Å². The molecule has 1 aromatic rings. The highest BCUT2D eigenvalue weighted by molar-refractivity contribution is 5.78. The summed E-state index contributed by atoms with van der Waals surface area (Å²) in [5.74, 6) is -1.62. The van der Waals surface area contributed by atoms with Gasteiger partial charge < -0.3 is 14.7 Å². The SMILES string of the molecule is CC(C)C(=O)N1CCC(Oc2cccnc2)CC1.O=C(O)C(F)(F)F. The Morgan fingerprint density at radius 2 is 1.88 bits per heavy atom. The fourth-order valence-corrected chi connectivity index (χ4v) is 2.17. The van der Waals surface area contributed by atoms with Gasteiger partial charge in [-0.15, -0.1) is 0 Å². The monoisotopic (exact) mass is 362 g/mol. The first kappa shape index (κ1) is 20.7. The predicted molar refractivity (Wildman–Crippen MR) is 83.0 cm³/mol. The minimum Gasteiger partial charge on any atom is -0.489 e. The normalized spacial score (nSPS) is 15.4. The number of rotatable bonds is 3. The number of hydrogen-bond donors (Lipinski definition) is 1. The van der Waals surface area contributed by atoms with Crippen LogP contribution in [0.3, 0.4) is 0 Å². The van der Waals surface area contributed by atoms with Crippen LogP contribution in [-0.4, -0.2) is 52.2 Å². The molecule has 6 nitrogen and oxygen atoms in total. The lowest BCUT2D eigenvalue weighted by Gasteiger charge is -2.33. The number of amides is 1. The molecule has 1 saturated heterocycles. The molecule has 0 radical (unpaired) electrons. The Morgan fingerprint density at radius 1 is 1.32 bits per heavy atom. The van der Waals surface area contributed by atoms with Crippen LogP contribution in [-0.2, 0) is 9.59 Å². The number of pyridine rings is 1. The van der Waals surface area contributed by atoms with Crippen LogP contribution in [0.2, 0.25) is 0 Å². The van der Waals surface area contributed by atoms with Crippen molar-refractivity contribution in [2.24, 2.45) is 5.92 Å². The second kappa shape index (κ2) is 9.24. The van der Waals surface area contributed by atoms with Gasteiger partial charge in [0.05, 0.1) is 6.20 Å². The van der Waals surface area contributed by atoms with Crippen molar-refractivity contribution in [2.75, 3.05) is 13.1 Å². The molecule has 1 N–H and O–H groups in total. The largest absolute Gasteiger partial charge is 0.490 e. The third kappa shape index (κ3) is 7.40. The molecule has 25 heavy (non-hydrogen) atoms. The Balaban J connectivity index is 0.000000381. The zero-order valence-electron chi connectivity index (χ0n) is 14.0. The van der Waals surface area contributed by atoms with Crippen LogP contribution in [0.15, 0.2) is 24.5 Å². The van der Waals surface area contributed by atoms with Crippen LogP contribution in [0.4, 0.5) is 13.2 Å². The van der Waals surface area contributed by atoms with Crippen molar-refractivity contribution in [2.45, 2.75) is 39.0 Å². The van der Waals surface area contributed by atoms with E-state index in [-0.39, 0.29) is 17.9 Å². The van der Waals surface area contributed by atoms with E-state index in [1.165, 1.54) is 0 Å². The number of carboxylic acids is 1. The third-order valence-corrected chi connectivity index (χ3v) is 3.43. The zero-order chi connectivity index (χ0) is 19.0. The Hall–Kier alpha value is -2.32. The summed E-state index contributed by atoms with van der Waals surface area (Å²) in [5, 5.41) is 7.12. The number of likely N-dealkylation sites (tertiary alicyclic amines) is 1. The van der Waals surface area contributed by atoms with Gasteiger partial charge in [0, 0.05) is 38.0 Å². The van der Waals surface area contributed by atoms with Crippen LogP contribution in [0.1, 0.15) is 26.7 Å². The van der Waals surface area contributed by atoms with E-state index in [1.54, 1.807) is 12.4 Å². The van der Waals surface area contributed by atoms with Crippen LogP contribution in [0, 0.1) is 5.92 Å². The molecule has 2 heterocycles. The number of carbonyl (C=O) groups excluding carboxylic acids is 1. The van der Waals surface area contributed by atoms with Crippen LogP contribution < -0.4 is 4.74 Å². The maximum atomic E-state index is 11.8. The first-order valence-electron chi connectivity index (χ1n) is 7.76. The number of aliphatic carboxylic acids is 1. The quantitative estimate of drug-likeness (QED) is 0.894. The fraction of sp³-hybridized carbons (Fsp3) is 0.562. The summed E-state index contributed by atoms with van der Waals surface area (Å²) in [6, 6.07) is 3.78. The zero-order valence-corrected chi connectivity index (χ0v) is 14.0. The van der Waals surface area contributed by atoms with Gasteiger partial charge in [0.25, 0.3) is 0 Å². The van der Waals surface area contributed by atoms with Crippen molar-refractivity contribution in [3.8, 4) is 5.75 Å². The molecule has 0 bridgehead atoms. The van der Waals surface area contributed by atoms with Crippen molar-refractivity contribution < 1.29 is 32.6 Å². The van der Waals surface area contributed by atoms with Gasteiger partial charge in [-0.2, -0.15) is 13.2 Å². The van der Waals surface area contributed by atoms with Gasteiger partial charge in [0.1, 0.15) is 11.9 Å². The minimum absolute atomic E-state index is 0.0841. The summed E-state index contributed by atoms with van der Waals surface area (Å²) in [7, 11) is 0. The number of halogens is 3. The molecule has 9 heteroatoms. The van der Waals surface area contributed by atoms with Gasteiger partial charge in [-0.3, -0.25) is 9.78 Å². The first-order valence-corrected chi connectivity index (χ1v) is 7.76. The summed E-state index contributed by atoms with van der Waals surface area (Å²) >= 11 is 0.